The first-order valence-corrected chi connectivity index (χ1v) is 5.12. The predicted molar refractivity (Wildman–Crippen MR) is 62.9 cm³/mol. The van der Waals surface area contributed by atoms with E-state index in [4.69, 9.17) is 17.3 Å². The molecule has 0 radical (unpaired) electrons. The van der Waals surface area contributed by atoms with Crippen LogP contribution in [0.25, 0.3) is 0 Å². The van der Waals surface area contributed by atoms with Gasteiger partial charge < -0.3 is 11.1 Å². The largest absolute Gasteiger partial charge is 0.397 e. The summed E-state index contributed by atoms with van der Waals surface area (Å²) in [6.45, 7) is 1.61. The van der Waals surface area contributed by atoms with Crippen molar-refractivity contribution in [1.29, 1.82) is 0 Å². The number of carbonyl (C=O) groups excluding carboxylic acids is 1. The van der Waals surface area contributed by atoms with Gasteiger partial charge in [-0.25, -0.2) is 4.63 Å². The van der Waals surface area contributed by atoms with Crippen LogP contribution in [0.4, 0.5) is 11.4 Å². The van der Waals surface area contributed by atoms with Crippen molar-refractivity contribution in [3.8, 4) is 0 Å². The van der Waals surface area contributed by atoms with Crippen LogP contribution in [-0.4, -0.2) is 16.2 Å². The number of amides is 1. The number of hydrogen-bond donors (Lipinski definition) is 2. The third-order valence-corrected chi connectivity index (χ3v) is 2.47. The van der Waals surface area contributed by atoms with Gasteiger partial charge in [-0.05, 0) is 24.2 Å². The molecule has 0 bridgehead atoms. The number of aromatic nitrogens is 2. The van der Waals surface area contributed by atoms with Crippen molar-refractivity contribution >= 4 is 28.9 Å². The summed E-state index contributed by atoms with van der Waals surface area (Å²) >= 11 is 5.92. The molecule has 0 fully saturated rings. The Morgan fingerprint density at radius 2 is 2.24 bits per heavy atom. The number of rotatable bonds is 2. The Hall–Kier alpha value is -2.08. The SMILES string of the molecule is Cc1nonc1C(=O)Nc1c(N)cccc1Cl. The van der Waals surface area contributed by atoms with Gasteiger partial charge in [0.25, 0.3) is 5.91 Å². The van der Waals surface area contributed by atoms with Crippen molar-refractivity contribution in [3.05, 3.63) is 34.6 Å². The minimum atomic E-state index is -0.469. The maximum absolute atomic E-state index is 11.8. The van der Waals surface area contributed by atoms with E-state index in [9.17, 15) is 4.79 Å². The molecule has 7 heteroatoms. The number of carbonyl (C=O) groups is 1. The highest BCUT2D eigenvalue weighted by Gasteiger charge is 2.17. The van der Waals surface area contributed by atoms with E-state index >= 15 is 0 Å². The molecule has 0 saturated heterocycles. The normalized spacial score (nSPS) is 10.2. The van der Waals surface area contributed by atoms with Gasteiger partial charge in [-0.2, -0.15) is 0 Å². The highest BCUT2D eigenvalue weighted by atomic mass is 35.5. The second-order valence-corrected chi connectivity index (χ2v) is 3.76. The molecule has 88 valence electrons. The smallest absolute Gasteiger partial charge is 0.279 e. The van der Waals surface area contributed by atoms with Crippen LogP contribution in [0, 0.1) is 6.92 Å². The summed E-state index contributed by atoms with van der Waals surface area (Å²) < 4.78 is 4.44. The fraction of sp³-hybridized carbons (Fsp3) is 0.100. The Balaban J connectivity index is 2.28. The van der Waals surface area contributed by atoms with Gasteiger partial charge in [-0.1, -0.05) is 22.8 Å². The zero-order valence-corrected chi connectivity index (χ0v) is 9.65. The van der Waals surface area contributed by atoms with E-state index in [1.807, 2.05) is 0 Å². The molecule has 2 aromatic rings. The number of aryl methyl sites for hydroxylation is 1. The quantitative estimate of drug-likeness (QED) is 0.796. The molecule has 0 aliphatic rings. The molecule has 1 amide bonds. The van der Waals surface area contributed by atoms with Gasteiger partial charge >= 0.3 is 0 Å². The summed E-state index contributed by atoms with van der Waals surface area (Å²) in [6, 6.07) is 4.95. The number of benzene rings is 1. The van der Waals surface area contributed by atoms with Crippen molar-refractivity contribution in [3.63, 3.8) is 0 Å². The molecule has 17 heavy (non-hydrogen) atoms. The maximum Gasteiger partial charge on any atom is 0.279 e. The van der Waals surface area contributed by atoms with Crippen LogP contribution in [0.15, 0.2) is 22.8 Å². The average molecular weight is 253 g/mol. The predicted octanol–water partition coefficient (Wildman–Crippen LogP) is 1.87. The summed E-state index contributed by atoms with van der Waals surface area (Å²) in [5.74, 6) is -0.469. The monoisotopic (exact) mass is 252 g/mol. The standard InChI is InChI=1S/C10H9ClN4O2/c1-5-8(15-17-14-5)10(16)13-9-6(11)3-2-4-7(9)12/h2-4H,12H2,1H3,(H,13,16). The second kappa shape index (κ2) is 4.42. The zero-order valence-electron chi connectivity index (χ0n) is 8.90. The van der Waals surface area contributed by atoms with Crippen LogP contribution in [0.3, 0.4) is 0 Å². The van der Waals surface area contributed by atoms with E-state index in [2.05, 4.69) is 20.3 Å². The zero-order chi connectivity index (χ0) is 12.4. The topological polar surface area (TPSA) is 94.0 Å². The lowest BCUT2D eigenvalue weighted by atomic mass is 10.2. The first kappa shape index (κ1) is 11.4. The van der Waals surface area contributed by atoms with Crippen molar-refractivity contribution in [2.24, 2.45) is 0 Å². The van der Waals surface area contributed by atoms with Crippen molar-refractivity contribution in [1.82, 2.24) is 10.3 Å². The summed E-state index contributed by atoms with van der Waals surface area (Å²) in [6.07, 6.45) is 0. The molecule has 6 nitrogen and oxygen atoms in total. The molecule has 1 aromatic heterocycles. The average Bonchev–Trinajstić information content (AvgIpc) is 2.70. The van der Waals surface area contributed by atoms with Crippen LogP contribution in [0.5, 0.6) is 0 Å². The van der Waals surface area contributed by atoms with E-state index in [0.717, 1.165) is 0 Å². The van der Waals surface area contributed by atoms with Crippen LogP contribution in [0.2, 0.25) is 5.02 Å². The summed E-state index contributed by atoms with van der Waals surface area (Å²) in [5.41, 5.74) is 6.92. The molecule has 0 aliphatic heterocycles. The summed E-state index contributed by atoms with van der Waals surface area (Å²) in [5, 5.41) is 9.92. The van der Waals surface area contributed by atoms with Gasteiger partial charge in [0.2, 0.25) is 0 Å². The molecule has 0 aliphatic carbocycles. The number of nitrogens with one attached hydrogen (secondary N) is 1. The van der Waals surface area contributed by atoms with E-state index < -0.39 is 5.91 Å². The number of hydrogen-bond acceptors (Lipinski definition) is 5. The van der Waals surface area contributed by atoms with E-state index in [1.165, 1.54) is 0 Å². The molecular weight excluding hydrogens is 244 g/mol. The van der Waals surface area contributed by atoms with Crippen molar-refractivity contribution in [2.45, 2.75) is 6.92 Å². The minimum absolute atomic E-state index is 0.101. The van der Waals surface area contributed by atoms with E-state index in [-0.39, 0.29) is 5.69 Å². The van der Waals surface area contributed by atoms with Gasteiger partial charge in [-0.3, -0.25) is 4.79 Å². The molecule has 0 atom stereocenters. The van der Waals surface area contributed by atoms with Crippen molar-refractivity contribution < 1.29 is 9.42 Å². The van der Waals surface area contributed by atoms with E-state index in [0.29, 0.717) is 22.1 Å². The lowest BCUT2D eigenvalue weighted by Gasteiger charge is -2.08. The Bertz CT molecular complexity index is 547. The minimum Gasteiger partial charge on any atom is -0.397 e. The highest BCUT2D eigenvalue weighted by molar-refractivity contribution is 6.34. The maximum atomic E-state index is 11.8. The lowest BCUT2D eigenvalue weighted by molar-refractivity contribution is 0.101. The van der Waals surface area contributed by atoms with Crippen LogP contribution >= 0.6 is 11.6 Å². The third kappa shape index (κ3) is 2.21. The van der Waals surface area contributed by atoms with Gasteiger partial charge in [0, 0.05) is 0 Å². The second-order valence-electron chi connectivity index (χ2n) is 3.36. The van der Waals surface area contributed by atoms with Crippen LogP contribution in [-0.2, 0) is 0 Å². The molecule has 0 unspecified atom stereocenters. The van der Waals surface area contributed by atoms with Gasteiger partial charge in [-0.15, -0.1) is 0 Å². The van der Waals surface area contributed by atoms with Gasteiger partial charge in [0.1, 0.15) is 5.69 Å². The van der Waals surface area contributed by atoms with E-state index in [1.54, 1.807) is 25.1 Å². The molecule has 1 aromatic carbocycles. The number of nitrogens with two attached hydrogens (primary N) is 1. The van der Waals surface area contributed by atoms with Crippen molar-refractivity contribution in [2.75, 3.05) is 11.1 Å². The Labute approximate surface area is 102 Å². The molecule has 0 spiro atoms. The van der Waals surface area contributed by atoms with Gasteiger partial charge in [0.05, 0.1) is 16.4 Å². The lowest BCUT2D eigenvalue weighted by Crippen LogP contribution is -2.15. The number of nitrogen functional groups attached to an aromatic ring is 1. The molecular formula is C10H9ClN4O2. The van der Waals surface area contributed by atoms with Crippen LogP contribution in [0.1, 0.15) is 16.2 Å². The number of para-hydroxylation sites is 1. The fourth-order valence-electron chi connectivity index (χ4n) is 1.28. The first-order chi connectivity index (χ1) is 8.09. The summed E-state index contributed by atoms with van der Waals surface area (Å²) in [7, 11) is 0. The Kier molecular flexibility index (Phi) is 2.97. The molecule has 1 heterocycles. The number of nitrogens with zero attached hydrogens (tertiary/aromatic N) is 2. The summed E-state index contributed by atoms with van der Waals surface area (Å²) in [4.78, 5) is 11.8. The number of anilines is 2. The number of halogens is 1. The van der Waals surface area contributed by atoms with Gasteiger partial charge in [0.15, 0.2) is 5.69 Å². The fourth-order valence-corrected chi connectivity index (χ4v) is 1.51. The third-order valence-electron chi connectivity index (χ3n) is 2.15. The van der Waals surface area contributed by atoms with Crippen LogP contribution < -0.4 is 11.1 Å². The molecule has 3 N–H and O–H groups in total. The molecule has 0 saturated carbocycles. The first-order valence-electron chi connectivity index (χ1n) is 4.74. The Morgan fingerprint density at radius 1 is 1.47 bits per heavy atom. The highest BCUT2D eigenvalue weighted by Crippen LogP contribution is 2.28. The molecule has 2 rings (SSSR count). The Morgan fingerprint density at radius 3 is 2.82 bits per heavy atom.